The van der Waals surface area contributed by atoms with E-state index in [1.165, 1.54) is 6.33 Å². The third kappa shape index (κ3) is 2.44. The van der Waals surface area contributed by atoms with Gasteiger partial charge in [0.05, 0.1) is 11.4 Å². The maximum Gasteiger partial charge on any atom is 0.227 e. The van der Waals surface area contributed by atoms with Crippen LogP contribution < -0.4 is 10.6 Å². The zero-order chi connectivity index (χ0) is 13.9. The van der Waals surface area contributed by atoms with Crippen LogP contribution in [-0.4, -0.2) is 53.4 Å². The smallest absolute Gasteiger partial charge is 0.227 e. The zero-order valence-corrected chi connectivity index (χ0v) is 11.5. The summed E-state index contributed by atoms with van der Waals surface area (Å²) in [5, 5.41) is 6.53. The molecule has 0 amide bonds. The number of hydrogen-bond acceptors (Lipinski definition) is 6. The first-order valence-electron chi connectivity index (χ1n) is 7.00. The molecule has 1 fully saturated rings. The molecule has 6 heteroatoms. The van der Waals surface area contributed by atoms with Crippen molar-refractivity contribution < 1.29 is 4.79 Å². The van der Waals surface area contributed by atoms with Gasteiger partial charge in [0.2, 0.25) is 5.78 Å². The minimum atomic E-state index is -0.0625. The number of allylic oxidation sites excluding steroid dienone is 1. The topological polar surface area (TPSA) is 70.2 Å². The Morgan fingerprint density at radius 3 is 2.80 bits per heavy atom. The fourth-order valence-corrected chi connectivity index (χ4v) is 2.69. The molecule has 2 aliphatic heterocycles. The molecule has 3 rings (SSSR count). The lowest BCUT2D eigenvalue weighted by Crippen LogP contribution is -2.44. The highest BCUT2D eigenvalue weighted by Crippen LogP contribution is 2.18. The van der Waals surface area contributed by atoms with Gasteiger partial charge in [-0.1, -0.05) is 6.58 Å². The van der Waals surface area contributed by atoms with Crippen molar-refractivity contribution in [3.8, 4) is 0 Å². The van der Waals surface area contributed by atoms with Crippen molar-refractivity contribution >= 4 is 5.78 Å². The summed E-state index contributed by atoms with van der Waals surface area (Å²) in [7, 11) is 0. The van der Waals surface area contributed by atoms with Crippen LogP contribution in [0.5, 0.6) is 0 Å². The first-order chi connectivity index (χ1) is 9.77. The van der Waals surface area contributed by atoms with Crippen molar-refractivity contribution in [3.05, 3.63) is 35.6 Å². The van der Waals surface area contributed by atoms with Crippen LogP contribution >= 0.6 is 0 Å². The van der Waals surface area contributed by atoms with E-state index in [4.69, 9.17) is 0 Å². The Labute approximate surface area is 118 Å². The number of piperazine rings is 1. The van der Waals surface area contributed by atoms with Gasteiger partial charge in [0.15, 0.2) is 0 Å². The molecule has 2 aliphatic rings. The molecule has 0 atom stereocenters. The van der Waals surface area contributed by atoms with Crippen LogP contribution in [0.25, 0.3) is 0 Å². The summed E-state index contributed by atoms with van der Waals surface area (Å²) in [5.41, 5.74) is 2.99. The van der Waals surface area contributed by atoms with Crippen LogP contribution in [0, 0.1) is 0 Å². The maximum absolute atomic E-state index is 12.6. The number of nitrogens with one attached hydrogen (secondary N) is 2. The van der Waals surface area contributed by atoms with E-state index < -0.39 is 0 Å². The number of fused-ring (bicyclic) bond motifs is 1. The molecular formula is C14H19N5O. The highest BCUT2D eigenvalue weighted by atomic mass is 16.1. The van der Waals surface area contributed by atoms with Gasteiger partial charge in [0.1, 0.15) is 12.0 Å². The second-order valence-electron chi connectivity index (χ2n) is 5.09. The van der Waals surface area contributed by atoms with E-state index in [1.54, 1.807) is 0 Å². The fourth-order valence-electron chi connectivity index (χ4n) is 2.69. The third-order valence-corrected chi connectivity index (χ3v) is 3.85. The summed E-state index contributed by atoms with van der Waals surface area (Å²) in [6.45, 7) is 8.96. The van der Waals surface area contributed by atoms with Gasteiger partial charge in [0, 0.05) is 38.3 Å². The Bertz CT molecular complexity index is 536. The predicted molar refractivity (Wildman–Crippen MR) is 75.4 cm³/mol. The number of rotatable bonds is 3. The van der Waals surface area contributed by atoms with Crippen molar-refractivity contribution in [1.82, 2.24) is 25.5 Å². The summed E-state index contributed by atoms with van der Waals surface area (Å²) in [5.74, 6) is -0.0625. The molecule has 2 N–H and O–H groups in total. The van der Waals surface area contributed by atoms with Crippen molar-refractivity contribution in [3.63, 3.8) is 0 Å². The number of hydrogen-bond donors (Lipinski definition) is 2. The molecule has 0 spiro atoms. The fraction of sp³-hybridized carbons (Fsp3) is 0.500. The number of nitrogens with zero attached hydrogens (tertiary/aromatic N) is 3. The Morgan fingerprint density at radius 1 is 1.20 bits per heavy atom. The molecule has 20 heavy (non-hydrogen) atoms. The molecule has 106 valence electrons. The minimum Gasteiger partial charge on any atom is -0.366 e. The number of carbonyl (C=O) groups excluding carboxylic acids is 1. The van der Waals surface area contributed by atoms with Crippen LogP contribution in [0.1, 0.15) is 21.7 Å². The van der Waals surface area contributed by atoms with Crippen molar-refractivity contribution in [2.24, 2.45) is 0 Å². The van der Waals surface area contributed by atoms with E-state index in [0.29, 0.717) is 17.9 Å². The summed E-state index contributed by atoms with van der Waals surface area (Å²) in [6.07, 6.45) is 2.27. The second kappa shape index (κ2) is 5.68. The summed E-state index contributed by atoms with van der Waals surface area (Å²) in [6, 6.07) is 0. The molecule has 1 saturated heterocycles. The monoisotopic (exact) mass is 273 g/mol. The lowest BCUT2D eigenvalue weighted by Gasteiger charge is -2.30. The van der Waals surface area contributed by atoms with Gasteiger partial charge >= 0.3 is 0 Å². The van der Waals surface area contributed by atoms with Crippen LogP contribution in [0.3, 0.4) is 0 Å². The summed E-state index contributed by atoms with van der Waals surface area (Å²) in [4.78, 5) is 23.2. The zero-order valence-electron chi connectivity index (χ0n) is 11.5. The molecule has 0 bridgehead atoms. The number of carbonyl (C=O) groups is 1. The molecule has 0 aliphatic carbocycles. The normalized spacial score (nSPS) is 18.5. The summed E-state index contributed by atoms with van der Waals surface area (Å²) < 4.78 is 0. The van der Waals surface area contributed by atoms with Crippen LogP contribution in [0.2, 0.25) is 0 Å². The number of Topliss-reactive ketones (excluding diaryl/α,β-unsaturated/α-hetero) is 1. The van der Waals surface area contributed by atoms with Crippen molar-refractivity contribution in [1.29, 1.82) is 0 Å². The molecule has 0 radical (unpaired) electrons. The maximum atomic E-state index is 12.6. The van der Waals surface area contributed by atoms with Gasteiger partial charge < -0.3 is 15.5 Å². The van der Waals surface area contributed by atoms with Crippen molar-refractivity contribution in [2.75, 3.05) is 32.7 Å². The number of aromatic nitrogens is 2. The van der Waals surface area contributed by atoms with Crippen LogP contribution in [0.15, 0.2) is 18.6 Å². The molecule has 0 saturated carbocycles. The second-order valence-corrected chi connectivity index (χ2v) is 5.09. The van der Waals surface area contributed by atoms with E-state index in [0.717, 1.165) is 50.4 Å². The largest absolute Gasteiger partial charge is 0.366 e. The average molecular weight is 273 g/mol. The van der Waals surface area contributed by atoms with Gasteiger partial charge in [-0.3, -0.25) is 4.79 Å². The molecule has 3 heterocycles. The van der Waals surface area contributed by atoms with E-state index in [-0.39, 0.29) is 5.78 Å². The van der Waals surface area contributed by atoms with Crippen molar-refractivity contribution in [2.45, 2.75) is 13.0 Å². The third-order valence-electron chi connectivity index (χ3n) is 3.85. The first-order valence-corrected chi connectivity index (χ1v) is 7.00. The predicted octanol–water partition coefficient (Wildman–Crippen LogP) is -0.276. The van der Waals surface area contributed by atoms with Gasteiger partial charge in [0.25, 0.3) is 0 Å². The van der Waals surface area contributed by atoms with Gasteiger partial charge in [-0.15, -0.1) is 0 Å². The van der Waals surface area contributed by atoms with Gasteiger partial charge in [-0.25, -0.2) is 9.97 Å². The molecule has 6 nitrogen and oxygen atoms in total. The molecule has 0 aromatic carbocycles. The molecule has 1 aromatic rings. The number of ketones is 1. The molecule has 0 unspecified atom stereocenters. The quantitative estimate of drug-likeness (QED) is 0.583. The van der Waals surface area contributed by atoms with Crippen LogP contribution in [-0.2, 0) is 13.0 Å². The highest BCUT2D eigenvalue weighted by molar-refractivity contribution is 6.07. The summed E-state index contributed by atoms with van der Waals surface area (Å²) >= 11 is 0. The standard InChI is InChI=1S/C14H19N5O/c1-10(19-6-4-15-5-7-19)14(20)13-11-2-3-16-8-12(11)17-9-18-13/h9,15-16H,1-8H2. The Morgan fingerprint density at radius 2 is 2.00 bits per heavy atom. The Kier molecular flexibility index (Phi) is 3.75. The van der Waals surface area contributed by atoms with E-state index in [9.17, 15) is 4.79 Å². The molecule has 1 aromatic heterocycles. The van der Waals surface area contributed by atoms with Gasteiger partial charge in [-0.2, -0.15) is 0 Å². The first kappa shape index (κ1) is 13.2. The average Bonchev–Trinajstić information content (AvgIpc) is 2.54. The molecular weight excluding hydrogens is 254 g/mol. The lowest BCUT2D eigenvalue weighted by atomic mass is 10.0. The van der Waals surface area contributed by atoms with E-state index in [2.05, 4.69) is 27.2 Å². The van der Waals surface area contributed by atoms with Gasteiger partial charge in [-0.05, 0) is 13.0 Å². The Balaban J connectivity index is 1.85. The highest BCUT2D eigenvalue weighted by Gasteiger charge is 2.24. The van der Waals surface area contributed by atoms with E-state index in [1.807, 2.05) is 4.90 Å². The van der Waals surface area contributed by atoms with Crippen LogP contribution in [0.4, 0.5) is 0 Å². The SMILES string of the molecule is C=C(C(=O)c1ncnc2c1CCNC2)N1CCNCC1. The van der Waals surface area contributed by atoms with E-state index >= 15 is 0 Å². The lowest BCUT2D eigenvalue weighted by molar-refractivity contribution is 0.0980. The minimum absolute atomic E-state index is 0.0625. The Hall–Kier alpha value is -1.79.